The first-order valence-corrected chi connectivity index (χ1v) is 4.92. The summed E-state index contributed by atoms with van der Waals surface area (Å²) in [6.45, 7) is 3.18. The lowest BCUT2D eigenvalue weighted by Gasteiger charge is -2.06. The average molecular weight is 255 g/mol. The molecule has 0 bridgehead atoms. The van der Waals surface area contributed by atoms with Gasteiger partial charge in [0.2, 0.25) is 0 Å². The van der Waals surface area contributed by atoms with Gasteiger partial charge in [0.15, 0.2) is 0 Å². The Morgan fingerprint density at radius 1 is 1.36 bits per heavy atom. The van der Waals surface area contributed by atoms with E-state index in [0.717, 1.165) is 0 Å². The highest BCUT2D eigenvalue weighted by atomic mass is 79.9. The van der Waals surface area contributed by atoms with E-state index < -0.39 is 5.60 Å². The van der Waals surface area contributed by atoms with E-state index in [1.165, 1.54) is 0 Å². The number of hydrogen-bond donors (Lipinski definition) is 2. The Morgan fingerprint density at radius 2 is 2.00 bits per heavy atom. The highest BCUT2D eigenvalue weighted by Crippen LogP contribution is 2.26. The first-order valence-electron chi connectivity index (χ1n) is 4.13. The molecule has 0 fully saturated rings. The molecule has 1 aromatic rings. The topological polar surface area (TPSA) is 40.5 Å². The quantitative estimate of drug-likeness (QED) is 0.698. The van der Waals surface area contributed by atoms with Crippen LogP contribution in [0.25, 0.3) is 0 Å². The van der Waals surface area contributed by atoms with Gasteiger partial charge in [-0.2, -0.15) is 0 Å². The molecule has 2 N–H and O–H groups in total. The Kier molecular flexibility index (Phi) is 3.20. The van der Waals surface area contributed by atoms with Crippen LogP contribution < -0.4 is 0 Å². The predicted octanol–water partition coefficient (Wildman–Crippen LogP) is 2.28. The lowest BCUT2D eigenvalue weighted by molar-refractivity contribution is 0.143. The van der Waals surface area contributed by atoms with Crippen LogP contribution in [0.15, 0.2) is 22.7 Å². The van der Waals surface area contributed by atoms with Crippen LogP contribution in [0, 0.1) is 11.8 Å². The van der Waals surface area contributed by atoms with Crippen molar-refractivity contribution in [2.75, 3.05) is 0 Å². The first kappa shape index (κ1) is 11.1. The molecule has 0 radical (unpaired) electrons. The van der Waals surface area contributed by atoms with Crippen LogP contribution in [0.5, 0.6) is 5.75 Å². The van der Waals surface area contributed by atoms with Gasteiger partial charge in [0.25, 0.3) is 0 Å². The van der Waals surface area contributed by atoms with Crippen LogP contribution >= 0.6 is 15.9 Å². The second-order valence-corrected chi connectivity index (χ2v) is 4.30. The fourth-order valence-electron chi connectivity index (χ4n) is 0.836. The number of benzene rings is 1. The van der Waals surface area contributed by atoms with Crippen molar-refractivity contribution in [3.8, 4) is 17.6 Å². The zero-order chi connectivity index (χ0) is 10.8. The summed E-state index contributed by atoms with van der Waals surface area (Å²) in [5.41, 5.74) is -0.545. The molecule has 0 saturated carbocycles. The molecular formula is C11H11BrO2. The van der Waals surface area contributed by atoms with Crippen molar-refractivity contribution in [1.29, 1.82) is 0 Å². The largest absolute Gasteiger partial charge is 0.505 e. The SMILES string of the molecule is CC(C)(O)C#Cc1cccc(Br)c1O. The molecule has 2 nitrogen and oxygen atoms in total. The summed E-state index contributed by atoms with van der Waals surface area (Å²) < 4.78 is 0.597. The average Bonchev–Trinajstić information content (AvgIpc) is 2.06. The molecule has 0 aliphatic heterocycles. The molecule has 14 heavy (non-hydrogen) atoms. The second kappa shape index (κ2) is 4.04. The summed E-state index contributed by atoms with van der Waals surface area (Å²) in [6, 6.07) is 5.20. The molecule has 0 amide bonds. The van der Waals surface area contributed by atoms with Gasteiger partial charge >= 0.3 is 0 Å². The van der Waals surface area contributed by atoms with E-state index in [1.54, 1.807) is 32.0 Å². The van der Waals surface area contributed by atoms with E-state index in [4.69, 9.17) is 0 Å². The van der Waals surface area contributed by atoms with E-state index in [9.17, 15) is 10.2 Å². The number of hydrogen-bond acceptors (Lipinski definition) is 2. The zero-order valence-electron chi connectivity index (χ0n) is 8.00. The maximum Gasteiger partial charge on any atom is 0.145 e. The third-order valence-electron chi connectivity index (χ3n) is 1.49. The van der Waals surface area contributed by atoms with E-state index in [1.807, 2.05) is 0 Å². The molecule has 0 atom stereocenters. The van der Waals surface area contributed by atoms with Gasteiger partial charge in [-0.3, -0.25) is 0 Å². The van der Waals surface area contributed by atoms with Crippen molar-refractivity contribution < 1.29 is 10.2 Å². The fraction of sp³-hybridized carbons (Fsp3) is 0.273. The maximum atomic E-state index is 9.56. The van der Waals surface area contributed by atoms with Crippen molar-refractivity contribution in [3.05, 3.63) is 28.2 Å². The van der Waals surface area contributed by atoms with Crippen LogP contribution in [0.1, 0.15) is 19.4 Å². The first-order chi connectivity index (χ1) is 6.40. The minimum atomic E-state index is -1.05. The number of phenols is 1. The van der Waals surface area contributed by atoms with Crippen LogP contribution in [0.3, 0.4) is 0 Å². The van der Waals surface area contributed by atoms with E-state index in [-0.39, 0.29) is 5.75 Å². The van der Waals surface area contributed by atoms with Crippen LogP contribution in [-0.4, -0.2) is 15.8 Å². The van der Waals surface area contributed by atoms with E-state index in [2.05, 4.69) is 27.8 Å². The predicted molar refractivity (Wildman–Crippen MR) is 59.0 cm³/mol. The van der Waals surface area contributed by atoms with Gasteiger partial charge in [0, 0.05) is 0 Å². The Balaban J connectivity index is 3.08. The number of aliphatic hydroxyl groups is 1. The highest BCUT2D eigenvalue weighted by Gasteiger charge is 2.07. The zero-order valence-corrected chi connectivity index (χ0v) is 9.59. The summed E-state index contributed by atoms with van der Waals surface area (Å²) >= 11 is 3.19. The van der Waals surface area contributed by atoms with Gasteiger partial charge in [-0.25, -0.2) is 0 Å². The third-order valence-corrected chi connectivity index (χ3v) is 2.13. The lowest BCUT2D eigenvalue weighted by Crippen LogP contribution is -2.14. The lowest BCUT2D eigenvalue weighted by atomic mass is 10.1. The van der Waals surface area contributed by atoms with Crippen molar-refractivity contribution in [2.24, 2.45) is 0 Å². The Hall–Kier alpha value is -0.980. The normalized spacial score (nSPS) is 10.6. The van der Waals surface area contributed by atoms with Crippen molar-refractivity contribution in [3.63, 3.8) is 0 Å². The van der Waals surface area contributed by atoms with Gasteiger partial charge < -0.3 is 10.2 Å². The minimum Gasteiger partial charge on any atom is -0.505 e. The summed E-state index contributed by atoms with van der Waals surface area (Å²) in [7, 11) is 0. The van der Waals surface area contributed by atoms with E-state index >= 15 is 0 Å². The Morgan fingerprint density at radius 3 is 2.57 bits per heavy atom. The number of aromatic hydroxyl groups is 1. The smallest absolute Gasteiger partial charge is 0.145 e. The van der Waals surface area contributed by atoms with Crippen LogP contribution in [0.2, 0.25) is 0 Å². The fourth-order valence-corrected chi connectivity index (χ4v) is 1.20. The summed E-state index contributed by atoms with van der Waals surface area (Å²) in [6.07, 6.45) is 0. The number of phenolic OH excluding ortho intramolecular Hbond substituents is 1. The van der Waals surface area contributed by atoms with Crippen molar-refractivity contribution in [1.82, 2.24) is 0 Å². The molecule has 0 unspecified atom stereocenters. The Labute approximate surface area is 91.7 Å². The Bertz CT molecular complexity index is 394. The van der Waals surface area contributed by atoms with Gasteiger partial charge in [0.1, 0.15) is 11.4 Å². The molecule has 0 aliphatic carbocycles. The number of halogens is 1. The van der Waals surface area contributed by atoms with Crippen LogP contribution in [-0.2, 0) is 0 Å². The maximum absolute atomic E-state index is 9.56. The molecule has 1 rings (SSSR count). The molecule has 74 valence electrons. The molecule has 3 heteroatoms. The van der Waals surface area contributed by atoms with Gasteiger partial charge in [-0.1, -0.05) is 17.9 Å². The van der Waals surface area contributed by atoms with Crippen LogP contribution in [0.4, 0.5) is 0 Å². The molecule has 0 aromatic heterocycles. The molecule has 0 aliphatic rings. The molecule has 1 aromatic carbocycles. The standard InChI is InChI=1S/C11H11BrO2/c1-11(2,14)7-6-8-4-3-5-9(12)10(8)13/h3-5,13-14H,1-2H3. The van der Waals surface area contributed by atoms with Gasteiger partial charge in [-0.15, -0.1) is 0 Å². The second-order valence-electron chi connectivity index (χ2n) is 3.45. The summed E-state index contributed by atoms with van der Waals surface area (Å²) in [5.74, 6) is 5.45. The minimum absolute atomic E-state index is 0.101. The molecular weight excluding hydrogens is 244 g/mol. The van der Waals surface area contributed by atoms with E-state index in [0.29, 0.717) is 10.0 Å². The summed E-state index contributed by atoms with van der Waals surface area (Å²) in [4.78, 5) is 0. The number of rotatable bonds is 0. The van der Waals surface area contributed by atoms with Crippen molar-refractivity contribution >= 4 is 15.9 Å². The highest BCUT2D eigenvalue weighted by molar-refractivity contribution is 9.10. The summed E-state index contributed by atoms with van der Waals surface area (Å²) in [5, 5.41) is 18.9. The monoisotopic (exact) mass is 254 g/mol. The molecule has 0 saturated heterocycles. The molecule has 0 spiro atoms. The third kappa shape index (κ3) is 3.06. The van der Waals surface area contributed by atoms with Crippen molar-refractivity contribution in [2.45, 2.75) is 19.4 Å². The molecule has 0 heterocycles. The number of para-hydroxylation sites is 1. The van der Waals surface area contributed by atoms with Gasteiger partial charge in [-0.05, 0) is 41.9 Å². The van der Waals surface area contributed by atoms with Gasteiger partial charge in [0.05, 0.1) is 10.0 Å².